The van der Waals surface area contributed by atoms with Crippen LogP contribution in [-0.2, 0) is 16.1 Å². The van der Waals surface area contributed by atoms with Crippen molar-refractivity contribution in [3.05, 3.63) is 79.4 Å². The first kappa shape index (κ1) is 31.4. The number of hydrogen-bond donors (Lipinski definition) is 0. The summed E-state index contributed by atoms with van der Waals surface area (Å²) in [5.74, 6) is -4.88. The van der Waals surface area contributed by atoms with Gasteiger partial charge in [0.1, 0.15) is 0 Å². The number of ether oxygens (including phenoxy) is 1. The summed E-state index contributed by atoms with van der Waals surface area (Å²) in [7, 11) is 0. The lowest BCUT2D eigenvalue weighted by Crippen LogP contribution is -2.61. The molecule has 2 unspecified atom stereocenters. The van der Waals surface area contributed by atoms with E-state index in [1.807, 2.05) is 0 Å². The van der Waals surface area contributed by atoms with E-state index in [1.165, 1.54) is 0 Å². The smallest absolute Gasteiger partial charge is 0.258 e. The Kier molecular flexibility index (Phi) is 7.62. The second kappa shape index (κ2) is 9.45. The van der Waals surface area contributed by atoms with Crippen LogP contribution in [0.1, 0.15) is 11.1 Å². The van der Waals surface area contributed by atoms with Gasteiger partial charge >= 0.3 is 47.3 Å². The lowest BCUT2D eigenvalue weighted by molar-refractivity contribution is -0.489. The van der Waals surface area contributed by atoms with Crippen LogP contribution in [-0.4, -0.2) is 34.4 Å². The molecule has 0 saturated carbocycles. The van der Waals surface area contributed by atoms with Crippen LogP contribution < -0.4 is 0 Å². The van der Waals surface area contributed by atoms with Gasteiger partial charge in [0.25, 0.3) is 0 Å². The Hall–Kier alpha value is -3.78. The molecule has 0 N–H and O–H groups in total. The fraction of sp³-hybridized carbons (Fsp3) is 0.333. The maximum Gasteiger partial charge on any atom is 0.435 e. The van der Waals surface area contributed by atoms with Gasteiger partial charge in [-0.2, -0.15) is 52.7 Å². The SMILES string of the molecule is O=[N+]([O-])c1ccc(C(F)(C(F)(F)F)C(F)(F)OC(F)(F)C(F)(c2ccc([N+](=O)[O-])c(F)c2)C(F)(F)F)cc1F. The summed E-state index contributed by atoms with van der Waals surface area (Å²) in [6.45, 7) is 0. The Labute approximate surface area is 203 Å². The summed E-state index contributed by atoms with van der Waals surface area (Å²) in [4.78, 5) is 17.8. The van der Waals surface area contributed by atoms with Gasteiger partial charge in [-0.15, -0.1) is 0 Å². The van der Waals surface area contributed by atoms with Crippen LogP contribution in [0.25, 0.3) is 0 Å². The van der Waals surface area contributed by atoms with Crippen molar-refractivity contribution in [2.45, 2.75) is 35.9 Å². The third kappa shape index (κ3) is 5.01. The fourth-order valence-corrected chi connectivity index (χ4v) is 3.03. The van der Waals surface area contributed by atoms with Crippen molar-refractivity contribution in [2.24, 2.45) is 0 Å². The molecule has 0 aliphatic rings. The summed E-state index contributed by atoms with van der Waals surface area (Å²) in [6, 6.07) is -3.68. The molecule has 216 valence electrons. The van der Waals surface area contributed by atoms with Crippen molar-refractivity contribution in [1.29, 1.82) is 0 Å². The number of nitro groups is 2. The van der Waals surface area contributed by atoms with E-state index in [1.54, 1.807) is 0 Å². The van der Waals surface area contributed by atoms with Gasteiger partial charge in [-0.05, 0) is 24.3 Å². The molecule has 0 aliphatic carbocycles. The van der Waals surface area contributed by atoms with Crippen molar-refractivity contribution in [2.75, 3.05) is 0 Å². The van der Waals surface area contributed by atoms with Gasteiger partial charge in [0.15, 0.2) is 0 Å². The van der Waals surface area contributed by atoms with E-state index in [0.717, 1.165) is 0 Å². The van der Waals surface area contributed by atoms with Gasteiger partial charge in [-0.3, -0.25) is 20.2 Å². The van der Waals surface area contributed by atoms with E-state index in [2.05, 4.69) is 4.74 Å². The van der Waals surface area contributed by atoms with Crippen molar-refractivity contribution < 1.29 is 76.0 Å². The quantitative estimate of drug-likeness (QED) is 0.184. The highest BCUT2D eigenvalue weighted by Crippen LogP contribution is 2.59. The van der Waals surface area contributed by atoms with Crippen LogP contribution >= 0.6 is 0 Å². The van der Waals surface area contributed by atoms with Gasteiger partial charge < -0.3 is 0 Å². The number of halogens is 14. The molecule has 2 aromatic carbocycles. The van der Waals surface area contributed by atoms with Crippen LogP contribution in [0.5, 0.6) is 0 Å². The first-order valence-electron chi connectivity index (χ1n) is 9.21. The number of alkyl halides is 12. The van der Waals surface area contributed by atoms with Crippen LogP contribution in [0.15, 0.2) is 36.4 Å². The molecule has 0 radical (unpaired) electrons. The molecule has 39 heavy (non-hydrogen) atoms. The lowest BCUT2D eigenvalue weighted by Gasteiger charge is -2.40. The zero-order chi connectivity index (χ0) is 30.6. The molecule has 2 aromatic rings. The largest absolute Gasteiger partial charge is 0.435 e. The van der Waals surface area contributed by atoms with Gasteiger partial charge in [-0.25, -0.2) is 13.5 Å². The van der Waals surface area contributed by atoms with Crippen LogP contribution in [0.3, 0.4) is 0 Å². The van der Waals surface area contributed by atoms with Crippen molar-refractivity contribution in [3.8, 4) is 0 Å². The minimum Gasteiger partial charge on any atom is -0.258 e. The average Bonchev–Trinajstić information content (AvgIpc) is 2.74. The molecule has 2 atom stereocenters. The summed E-state index contributed by atoms with van der Waals surface area (Å²) in [5, 5.41) is 21.1. The molecule has 21 heteroatoms. The monoisotopic (exact) mass is 596 g/mol. The first-order chi connectivity index (χ1) is 17.3. The molecule has 7 nitrogen and oxygen atoms in total. The lowest BCUT2D eigenvalue weighted by atomic mass is 9.91. The summed E-state index contributed by atoms with van der Waals surface area (Å²) < 4.78 is 198. The maximum absolute atomic E-state index is 14.9. The zero-order valence-electron chi connectivity index (χ0n) is 17.7. The molecule has 0 saturated heterocycles. The van der Waals surface area contributed by atoms with Gasteiger partial charge in [-0.1, -0.05) is 0 Å². The second-order valence-electron chi connectivity index (χ2n) is 7.29. The maximum atomic E-state index is 14.9. The third-order valence-corrected chi connectivity index (χ3v) is 4.92. The summed E-state index contributed by atoms with van der Waals surface area (Å²) in [6.07, 6.45) is -28.9. The first-order valence-corrected chi connectivity index (χ1v) is 9.21. The fourth-order valence-electron chi connectivity index (χ4n) is 3.03. The summed E-state index contributed by atoms with van der Waals surface area (Å²) >= 11 is 0. The van der Waals surface area contributed by atoms with Gasteiger partial charge in [0, 0.05) is 23.3 Å². The highest BCUT2D eigenvalue weighted by Gasteiger charge is 2.81. The van der Waals surface area contributed by atoms with E-state index in [-0.39, 0.29) is 12.1 Å². The van der Waals surface area contributed by atoms with Crippen LogP contribution in [0.4, 0.5) is 72.8 Å². The number of hydrogen-bond acceptors (Lipinski definition) is 5. The van der Waals surface area contributed by atoms with Crippen molar-refractivity contribution >= 4 is 11.4 Å². The predicted octanol–water partition coefficient (Wildman–Crippen LogP) is 7.14. The zero-order valence-corrected chi connectivity index (χ0v) is 17.7. The molecular weight excluding hydrogens is 590 g/mol. The van der Waals surface area contributed by atoms with Crippen molar-refractivity contribution in [1.82, 2.24) is 0 Å². The Morgan fingerprint density at radius 3 is 1.05 bits per heavy atom. The Morgan fingerprint density at radius 2 is 0.846 bits per heavy atom. The summed E-state index contributed by atoms with van der Waals surface area (Å²) in [5.41, 5.74) is -22.4. The van der Waals surface area contributed by atoms with Crippen molar-refractivity contribution in [3.63, 3.8) is 0 Å². The Morgan fingerprint density at radius 1 is 0.564 bits per heavy atom. The minimum atomic E-state index is -7.28. The van der Waals surface area contributed by atoms with Gasteiger partial charge in [0.2, 0.25) is 11.6 Å². The molecular formula is C18H6F14N2O5. The molecule has 0 heterocycles. The standard InChI is InChI=1S/C18H6F14N2O5/c19-9-5-7(1-3-11(9)33(35)36)13(21,15(23,24)25)17(29,30)39-18(31,32)14(22,16(26,27)28)8-2-4-12(34(37)38)10(20)6-8/h1-6H. The van der Waals surface area contributed by atoms with E-state index in [9.17, 15) is 81.7 Å². The van der Waals surface area contributed by atoms with Crippen LogP contribution in [0, 0.1) is 31.9 Å². The Balaban J connectivity index is 2.77. The third-order valence-electron chi connectivity index (χ3n) is 4.92. The molecule has 0 aromatic heterocycles. The second-order valence-corrected chi connectivity index (χ2v) is 7.29. The molecule has 2 rings (SSSR count). The number of nitrogens with zero attached hydrogens (tertiary/aromatic N) is 2. The average molecular weight is 596 g/mol. The van der Waals surface area contributed by atoms with Crippen LogP contribution in [0.2, 0.25) is 0 Å². The molecule has 0 spiro atoms. The highest BCUT2D eigenvalue weighted by molar-refractivity contribution is 5.40. The van der Waals surface area contributed by atoms with E-state index in [0.29, 0.717) is 0 Å². The Bertz CT molecular complexity index is 1200. The number of rotatable bonds is 8. The minimum absolute atomic E-state index is 0.340. The molecule has 0 aliphatic heterocycles. The topological polar surface area (TPSA) is 95.5 Å². The molecule has 0 fully saturated rings. The normalized spacial score (nSPS) is 16.4. The van der Waals surface area contributed by atoms with E-state index in [4.69, 9.17) is 0 Å². The highest BCUT2D eigenvalue weighted by atomic mass is 19.4. The van der Waals surface area contributed by atoms with E-state index < -0.39 is 104 Å². The van der Waals surface area contributed by atoms with Gasteiger partial charge in [0.05, 0.1) is 9.85 Å². The number of benzene rings is 2. The molecule has 0 amide bonds. The van der Waals surface area contributed by atoms with E-state index >= 15 is 0 Å². The molecule has 0 bridgehead atoms. The predicted molar refractivity (Wildman–Crippen MR) is 94.8 cm³/mol. The number of nitro benzene ring substituents is 2.